The van der Waals surface area contributed by atoms with Crippen LogP contribution in [0.4, 0.5) is 8.78 Å². The average Bonchev–Trinajstić information content (AvgIpc) is 2.98. The first-order valence-corrected chi connectivity index (χ1v) is 5.54. The van der Waals surface area contributed by atoms with Gasteiger partial charge in [-0.3, -0.25) is 5.32 Å². The van der Waals surface area contributed by atoms with Crippen molar-refractivity contribution in [1.29, 1.82) is 5.26 Å². The van der Waals surface area contributed by atoms with Crippen LogP contribution < -0.4 is 5.32 Å². The molecule has 0 aromatic heterocycles. The molecule has 1 fully saturated rings. The molecule has 16 heavy (non-hydrogen) atoms. The van der Waals surface area contributed by atoms with Crippen LogP contribution in [-0.4, -0.2) is 30.7 Å². The first-order chi connectivity index (χ1) is 7.45. The minimum atomic E-state index is -2.45. The van der Waals surface area contributed by atoms with Crippen molar-refractivity contribution in [3.63, 3.8) is 0 Å². The Morgan fingerprint density at radius 1 is 1.56 bits per heavy atom. The third kappa shape index (κ3) is 4.86. The molecule has 0 saturated heterocycles. The van der Waals surface area contributed by atoms with Crippen LogP contribution in [0.2, 0.25) is 0 Å². The third-order valence-electron chi connectivity index (χ3n) is 2.55. The molecule has 0 bridgehead atoms. The van der Waals surface area contributed by atoms with E-state index in [9.17, 15) is 8.78 Å². The predicted octanol–water partition coefficient (Wildman–Crippen LogP) is 2.08. The number of hydrogen-bond acceptors (Lipinski definition) is 3. The van der Waals surface area contributed by atoms with Crippen LogP contribution in [0.15, 0.2) is 0 Å². The number of alkyl halides is 2. The standard InChI is InChI=1S/C11H18F2N2O/c1-8(16-6-10(12)13)5-11(2,7-14)15-9-3-4-9/h8-10,15H,3-6H2,1-2H3. The maximum atomic E-state index is 11.9. The molecule has 2 unspecified atom stereocenters. The van der Waals surface area contributed by atoms with Crippen molar-refractivity contribution in [3.05, 3.63) is 0 Å². The fourth-order valence-corrected chi connectivity index (χ4v) is 1.69. The fourth-order valence-electron chi connectivity index (χ4n) is 1.69. The van der Waals surface area contributed by atoms with E-state index in [4.69, 9.17) is 10.00 Å². The quantitative estimate of drug-likeness (QED) is 0.731. The van der Waals surface area contributed by atoms with Crippen molar-refractivity contribution in [2.45, 2.75) is 57.2 Å². The van der Waals surface area contributed by atoms with Gasteiger partial charge in [0, 0.05) is 12.5 Å². The van der Waals surface area contributed by atoms with E-state index in [0.29, 0.717) is 12.5 Å². The van der Waals surface area contributed by atoms with Gasteiger partial charge in [-0.05, 0) is 26.7 Å². The number of rotatable bonds is 7. The van der Waals surface area contributed by atoms with E-state index in [1.165, 1.54) is 0 Å². The van der Waals surface area contributed by atoms with Crippen molar-refractivity contribution < 1.29 is 13.5 Å². The van der Waals surface area contributed by atoms with Crippen LogP contribution in [0.1, 0.15) is 33.1 Å². The Balaban J connectivity index is 2.33. The number of nitriles is 1. The van der Waals surface area contributed by atoms with Crippen molar-refractivity contribution >= 4 is 0 Å². The molecule has 2 atom stereocenters. The molecule has 0 amide bonds. The highest BCUT2D eigenvalue weighted by atomic mass is 19.3. The van der Waals surface area contributed by atoms with Gasteiger partial charge in [0.2, 0.25) is 0 Å². The maximum absolute atomic E-state index is 11.9. The van der Waals surface area contributed by atoms with Gasteiger partial charge in [0.1, 0.15) is 12.1 Å². The fraction of sp³-hybridized carbons (Fsp3) is 0.909. The monoisotopic (exact) mass is 232 g/mol. The zero-order valence-corrected chi connectivity index (χ0v) is 9.67. The normalized spacial score (nSPS) is 21.5. The predicted molar refractivity (Wildman–Crippen MR) is 56.2 cm³/mol. The van der Waals surface area contributed by atoms with E-state index >= 15 is 0 Å². The summed E-state index contributed by atoms with van der Waals surface area (Å²) in [5.41, 5.74) is -0.678. The molecular weight excluding hydrogens is 214 g/mol. The van der Waals surface area contributed by atoms with Gasteiger partial charge >= 0.3 is 0 Å². The number of ether oxygens (including phenoxy) is 1. The second kappa shape index (κ2) is 5.55. The van der Waals surface area contributed by atoms with Crippen LogP contribution >= 0.6 is 0 Å². The molecule has 1 saturated carbocycles. The minimum absolute atomic E-state index is 0.343. The first kappa shape index (κ1) is 13.3. The average molecular weight is 232 g/mol. The highest BCUT2D eigenvalue weighted by Crippen LogP contribution is 2.25. The Morgan fingerprint density at radius 2 is 2.19 bits per heavy atom. The smallest absolute Gasteiger partial charge is 0.261 e. The molecule has 1 N–H and O–H groups in total. The second-order valence-electron chi connectivity index (χ2n) is 4.60. The lowest BCUT2D eigenvalue weighted by atomic mass is 9.96. The zero-order chi connectivity index (χ0) is 12.2. The van der Waals surface area contributed by atoms with Gasteiger partial charge < -0.3 is 4.74 Å². The van der Waals surface area contributed by atoms with E-state index in [0.717, 1.165) is 12.8 Å². The van der Waals surface area contributed by atoms with Gasteiger partial charge in [-0.15, -0.1) is 0 Å². The van der Waals surface area contributed by atoms with Crippen LogP contribution in [0.3, 0.4) is 0 Å². The first-order valence-electron chi connectivity index (χ1n) is 5.54. The molecule has 1 rings (SSSR count). The highest BCUT2D eigenvalue weighted by molar-refractivity contribution is 5.07. The van der Waals surface area contributed by atoms with Gasteiger partial charge in [0.05, 0.1) is 12.2 Å². The van der Waals surface area contributed by atoms with E-state index in [-0.39, 0.29) is 6.10 Å². The molecular formula is C11H18F2N2O. The summed E-state index contributed by atoms with van der Waals surface area (Å²) in [6.45, 7) is 2.94. The molecule has 0 spiro atoms. The molecule has 92 valence electrons. The number of nitrogens with zero attached hydrogens (tertiary/aromatic N) is 1. The summed E-state index contributed by atoms with van der Waals surface area (Å²) in [5.74, 6) is 0. The molecule has 1 aliphatic carbocycles. The van der Waals surface area contributed by atoms with Crippen LogP contribution in [-0.2, 0) is 4.74 Å². The molecule has 0 radical (unpaired) electrons. The van der Waals surface area contributed by atoms with Crippen molar-refractivity contribution in [3.8, 4) is 6.07 Å². The van der Waals surface area contributed by atoms with E-state index in [2.05, 4.69) is 11.4 Å². The SMILES string of the molecule is CC(CC(C)(C#N)NC1CC1)OCC(F)F. The van der Waals surface area contributed by atoms with Gasteiger partial charge in [-0.25, -0.2) is 8.78 Å². The van der Waals surface area contributed by atoms with Gasteiger partial charge in [0.25, 0.3) is 6.43 Å². The number of hydrogen-bond donors (Lipinski definition) is 1. The topological polar surface area (TPSA) is 45.0 Å². The summed E-state index contributed by atoms with van der Waals surface area (Å²) in [7, 11) is 0. The van der Waals surface area contributed by atoms with Crippen molar-refractivity contribution in [2.75, 3.05) is 6.61 Å². The Morgan fingerprint density at radius 3 is 2.62 bits per heavy atom. The third-order valence-corrected chi connectivity index (χ3v) is 2.55. The van der Waals surface area contributed by atoms with Crippen LogP contribution in [0.5, 0.6) is 0 Å². The molecule has 3 nitrogen and oxygen atoms in total. The molecule has 0 aromatic carbocycles. The number of halogens is 2. The van der Waals surface area contributed by atoms with Gasteiger partial charge in [0.15, 0.2) is 0 Å². The Hall–Kier alpha value is -0.730. The highest BCUT2D eigenvalue weighted by Gasteiger charge is 2.33. The van der Waals surface area contributed by atoms with Crippen molar-refractivity contribution in [2.24, 2.45) is 0 Å². The zero-order valence-electron chi connectivity index (χ0n) is 9.67. The van der Waals surface area contributed by atoms with E-state index in [1.807, 2.05) is 0 Å². The molecule has 0 aromatic rings. The summed E-state index contributed by atoms with van der Waals surface area (Å²) in [4.78, 5) is 0. The summed E-state index contributed by atoms with van der Waals surface area (Å²) in [5, 5.41) is 12.3. The lowest BCUT2D eigenvalue weighted by Gasteiger charge is -2.26. The molecule has 0 aliphatic heterocycles. The summed E-state index contributed by atoms with van der Waals surface area (Å²) >= 11 is 0. The maximum Gasteiger partial charge on any atom is 0.261 e. The largest absolute Gasteiger partial charge is 0.372 e. The van der Waals surface area contributed by atoms with Gasteiger partial charge in [-0.1, -0.05) is 0 Å². The lowest BCUT2D eigenvalue weighted by Crippen LogP contribution is -2.45. The van der Waals surface area contributed by atoms with Crippen LogP contribution in [0, 0.1) is 11.3 Å². The van der Waals surface area contributed by atoms with E-state index in [1.54, 1.807) is 13.8 Å². The molecule has 5 heteroatoms. The minimum Gasteiger partial charge on any atom is -0.372 e. The summed E-state index contributed by atoms with van der Waals surface area (Å²) in [6.07, 6.45) is -0.197. The Labute approximate surface area is 94.8 Å². The lowest BCUT2D eigenvalue weighted by molar-refractivity contribution is -0.0254. The van der Waals surface area contributed by atoms with E-state index < -0.39 is 18.6 Å². The van der Waals surface area contributed by atoms with Crippen LogP contribution in [0.25, 0.3) is 0 Å². The molecule has 1 aliphatic rings. The molecule has 0 heterocycles. The Bertz CT molecular complexity index is 263. The van der Waals surface area contributed by atoms with Gasteiger partial charge in [-0.2, -0.15) is 5.26 Å². The summed E-state index contributed by atoms with van der Waals surface area (Å²) in [6, 6.07) is 2.60. The van der Waals surface area contributed by atoms with Crippen molar-refractivity contribution in [1.82, 2.24) is 5.32 Å². The number of nitrogens with one attached hydrogen (secondary N) is 1. The summed E-state index contributed by atoms with van der Waals surface area (Å²) < 4.78 is 28.8. The second-order valence-corrected chi connectivity index (χ2v) is 4.60. The Kier molecular flexibility index (Phi) is 4.63.